The molecule has 1 aromatic heterocycles. The number of carbonyl (C=O) groups excluding carboxylic acids is 1. The second-order valence-electron chi connectivity index (χ2n) is 6.19. The summed E-state index contributed by atoms with van der Waals surface area (Å²) in [5, 5.41) is 10.2. The van der Waals surface area contributed by atoms with Gasteiger partial charge in [-0.2, -0.15) is 0 Å². The molecular formula is C17H16N4O3. The van der Waals surface area contributed by atoms with Crippen LogP contribution in [0.15, 0.2) is 42.7 Å². The van der Waals surface area contributed by atoms with E-state index < -0.39 is 17.8 Å². The number of nitrogens with one attached hydrogen (secondary N) is 2. The number of hydrazine groups is 1. The van der Waals surface area contributed by atoms with Crippen molar-refractivity contribution in [3.8, 4) is 0 Å². The highest BCUT2D eigenvalue weighted by atomic mass is 16.4. The minimum absolute atomic E-state index is 0.0138. The largest absolute Gasteiger partial charge is 0.481 e. The van der Waals surface area contributed by atoms with Crippen molar-refractivity contribution in [2.45, 2.75) is 6.42 Å². The summed E-state index contributed by atoms with van der Waals surface area (Å²) in [5.74, 6) is -2.04. The number of carboxylic acid groups (broad SMARTS) is 1. The Morgan fingerprint density at radius 3 is 2.62 bits per heavy atom. The Morgan fingerprint density at radius 2 is 1.83 bits per heavy atom. The molecule has 2 aliphatic rings. The lowest BCUT2D eigenvalue weighted by Crippen LogP contribution is -2.42. The van der Waals surface area contributed by atoms with Gasteiger partial charge < -0.3 is 5.11 Å². The van der Waals surface area contributed by atoms with Gasteiger partial charge in [-0.15, -0.1) is 0 Å². The average molecular weight is 324 g/mol. The quantitative estimate of drug-likeness (QED) is 0.583. The second kappa shape index (κ2) is 5.59. The van der Waals surface area contributed by atoms with Crippen LogP contribution >= 0.6 is 0 Å². The monoisotopic (exact) mass is 324 g/mol. The van der Waals surface area contributed by atoms with Crippen LogP contribution in [-0.4, -0.2) is 27.0 Å². The van der Waals surface area contributed by atoms with Gasteiger partial charge in [-0.25, -0.2) is 9.97 Å². The lowest BCUT2D eigenvalue weighted by atomic mass is 9.82. The molecule has 4 rings (SSSR count). The van der Waals surface area contributed by atoms with Gasteiger partial charge in [-0.1, -0.05) is 24.3 Å². The lowest BCUT2D eigenvalue weighted by Gasteiger charge is -2.24. The molecule has 0 aliphatic heterocycles. The van der Waals surface area contributed by atoms with Crippen molar-refractivity contribution >= 4 is 28.6 Å². The Morgan fingerprint density at radius 1 is 1.08 bits per heavy atom. The fourth-order valence-electron chi connectivity index (χ4n) is 3.82. The van der Waals surface area contributed by atoms with Crippen LogP contribution in [0.5, 0.6) is 0 Å². The van der Waals surface area contributed by atoms with Gasteiger partial charge in [0.1, 0.15) is 6.33 Å². The molecule has 1 heterocycles. The zero-order valence-corrected chi connectivity index (χ0v) is 12.7. The van der Waals surface area contributed by atoms with E-state index in [2.05, 4.69) is 20.8 Å². The molecular weight excluding hydrogens is 308 g/mol. The van der Waals surface area contributed by atoms with Crippen LogP contribution in [0.3, 0.4) is 0 Å². The summed E-state index contributed by atoms with van der Waals surface area (Å²) in [4.78, 5) is 32.3. The summed E-state index contributed by atoms with van der Waals surface area (Å²) in [7, 11) is 0. The number of carboxylic acids is 1. The minimum Gasteiger partial charge on any atom is -0.481 e. The summed E-state index contributed by atoms with van der Waals surface area (Å²) in [6.45, 7) is 0. The highest BCUT2D eigenvalue weighted by Gasteiger charge is 2.51. The third-order valence-corrected chi connectivity index (χ3v) is 4.89. The number of allylic oxidation sites excluding steroid dienone is 2. The first-order valence-electron chi connectivity index (χ1n) is 7.82. The molecule has 2 aromatic rings. The molecule has 2 bridgehead atoms. The standard InChI is InChI=1S/C17H16N4O3/c22-16(13-9-5-6-10(7-9)14(13)17(23)24)21-20-15-11-3-1-2-4-12(11)18-8-19-15/h1-6,8-10,13-14H,7H2,(H,21,22)(H,23,24)(H,18,19,20)/t9-,10+,13-,14+/m1/s1. The number of anilines is 1. The van der Waals surface area contributed by atoms with Crippen LogP contribution in [0.25, 0.3) is 10.9 Å². The SMILES string of the molecule is O=C(O)[C@@H]1[C@H](C(=O)NNc2ncnc3ccccc23)[C@@H]2C=C[C@H]1C2. The predicted octanol–water partition coefficient (Wildman–Crippen LogP) is 1.60. The molecule has 0 radical (unpaired) electrons. The van der Waals surface area contributed by atoms with Crippen LogP contribution in [0, 0.1) is 23.7 Å². The number of amides is 1. The Balaban J connectivity index is 1.52. The van der Waals surface area contributed by atoms with Crippen molar-refractivity contribution in [1.29, 1.82) is 0 Å². The summed E-state index contributed by atoms with van der Waals surface area (Å²) in [6.07, 6.45) is 6.01. The van der Waals surface area contributed by atoms with E-state index in [-0.39, 0.29) is 17.7 Å². The van der Waals surface area contributed by atoms with Gasteiger partial charge in [0, 0.05) is 5.39 Å². The van der Waals surface area contributed by atoms with Crippen molar-refractivity contribution in [3.05, 3.63) is 42.7 Å². The number of fused-ring (bicyclic) bond motifs is 3. The van der Waals surface area contributed by atoms with Crippen molar-refractivity contribution in [1.82, 2.24) is 15.4 Å². The maximum Gasteiger partial charge on any atom is 0.307 e. The first-order chi connectivity index (χ1) is 11.6. The number of carbonyl (C=O) groups is 2. The Kier molecular flexibility index (Phi) is 3.41. The second-order valence-corrected chi connectivity index (χ2v) is 6.19. The molecule has 1 fully saturated rings. The van der Waals surface area contributed by atoms with Crippen LogP contribution in [0.2, 0.25) is 0 Å². The molecule has 4 atom stereocenters. The van der Waals surface area contributed by atoms with E-state index in [0.29, 0.717) is 5.82 Å². The first kappa shape index (κ1) is 14.6. The highest BCUT2D eigenvalue weighted by Crippen LogP contribution is 2.48. The third kappa shape index (κ3) is 2.29. The summed E-state index contributed by atoms with van der Waals surface area (Å²) in [6, 6.07) is 7.44. The molecule has 7 heteroatoms. The Bertz CT molecular complexity index is 845. The maximum atomic E-state index is 12.5. The van der Waals surface area contributed by atoms with Crippen molar-refractivity contribution in [2.24, 2.45) is 23.7 Å². The molecule has 2 aliphatic carbocycles. The molecule has 0 spiro atoms. The van der Waals surface area contributed by atoms with E-state index in [0.717, 1.165) is 17.3 Å². The van der Waals surface area contributed by atoms with Crippen LogP contribution in [-0.2, 0) is 9.59 Å². The van der Waals surface area contributed by atoms with Crippen molar-refractivity contribution in [2.75, 3.05) is 5.43 Å². The van der Waals surface area contributed by atoms with Gasteiger partial charge in [0.25, 0.3) is 0 Å². The van der Waals surface area contributed by atoms with E-state index in [1.807, 2.05) is 36.4 Å². The number of aromatic nitrogens is 2. The molecule has 1 amide bonds. The van der Waals surface area contributed by atoms with Gasteiger partial charge in [0.15, 0.2) is 5.82 Å². The highest BCUT2D eigenvalue weighted by molar-refractivity contribution is 5.91. The van der Waals surface area contributed by atoms with E-state index in [4.69, 9.17) is 0 Å². The smallest absolute Gasteiger partial charge is 0.307 e. The average Bonchev–Trinajstić information content (AvgIpc) is 3.20. The van der Waals surface area contributed by atoms with Crippen molar-refractivity contribution < 1.29 is 14.7 Å². The Hall–Kier alpha value is -2.96. The molecule has 0 unspecified atom stereocenters. The van der Waals surface area contributed by atoms with Gasteiger partial charge in [-0.3, -0.25) is 20.4 Å². The van der Waals surface area contributed by atoms with Crippen LogP contribution in [0.4, 0.5) is 5.82 Å². The number of benzene rings is 1. The summed E-state index contributed by atoms with van der Waals surface area (Å²) in [5.41, 5.74) is 6.20. The summed E-state index contributed by atoms with van der Waals surface area (Å²) < 4.78 is 0. The maximum absolute atomic E-state index is 12.5. The van der Waals surface area contributed by atoms with Crippen LogP contribution < -0.4 is 10.9 Å². The fraction of sp³-hybridized carbons (Fsp3) is 0.294. The number of hydrogen-bond donors (Lipinski definition) is 3. The molecule has 1 aromatic carbocycles. The van der Waals surface area contributed by atoms with Crippen molar-refractivity contribution in [3.63, 3.8) is 0 Å². The molecule has 7 nitrogen and oxygen atoms in total. The van der Waals surface area contributed by atoms with E-state index >= 15 is 0 Å². The van der Waals surface area contributed by atoms with Gasteiger partial charge in [-0.05, 0) is 30.4 Å². The van der Waals surface area contributed by atoms with Gasteiger partial charge in [0.05, 0.1) is 17.4 Å². The van der Waals surface area contributed by atoms with E-state index in [1.165, 1.54) is 6.33 Å². The Labute approximate surface area is 137 Å². The molecule has 122 valence electrons. The molecule has 1 saturated carbocycles. The molecule has 3 N–H and O–H groups in total. The topological polar surface area (TPSA) is 104 Å². The number of rotatable bonds is 4. The van der Waals surface area contributed by atoms with Gasteiger partial charge in [0.2, 0.25) is 5.91 Å². The lowest BCUT2D eigenvalue weighted by molar-refractivity contribution is -0.147. The third-order valence-electron chi connectivity index (χ3n) is 4.89. The number of para-hydroxylation sites is 1. The normalized spacial score (nSPS) is 27.3. The van der Waals surface area contributed by atoms with E-state index in [1.54, 1.807) is 0 Å². The fourth-order valence-corrected chi connectivity index (χ4v) is 3.82. The number of aliphatic carboxylic acids is 1. The van der Waals surface area contributed by atoms with E-state index in [9.17, 15) is 14.7 Å². The predicted molar refractivity (Wildman–Crippen MR) is 86.7 cm³/mol. The number of nitrogens with zero attached hydrogens (tertiary/aromatic N) is 2. The molecule has 0 saturated heterocycles. The summed E-state index contributed by atoms with van der Waals surface area (Å²) >= 11 is 0. The van der Waals surface area contributed by atoms with Gasteiger partial charge >= 0.3 is 5.97 Å². The number of hydrogen-bond acceptors (Lipinski definition) is 5. The zero-order chi connectivity index (χ0) is 16.7. The zero-order valence-electron chi connectivity index (χ0n) is 12.7. The van der Waals surface area contributed by atoms with Crippen LogP contribution in [0.1, 0.15) is 6.42 Å². The minimum atomic E-state index is -0.917. The molecule has 24 heavy (non-hydrogen) atoms. The first-order valence-corrected chi connectivity index (χ1v) is 7.82.